The van der Waals surface area contributed by atoms with Crippen molar-refractivity contribution >= 4 is 0 Å². The van der Waals surface area contributed by atoms with Crippen molar-refractivity contribution in [2.24, 2.45) is 0 Å². The van der Waals surface area contributed by atoms with Crippen LogP contribution in [0.1, 0.15) is 24.5 Å². The van der Waals surface area contributed by atoms with Gasteiger partial charge in [0.1, 0.15) is 0 Å². The predicted molar refractivity (Wildman–Crippen MR) is 88.5 cm³/mol. The Balaban J connectivity index is 2.67. The van der Waals surface area contributed by atoms with E-state index in [2.05, 4.69) is 30.0 Å². The second-order valence-corrected chi connectivity index (χ2v) is 5.54. The highest BCUT2D eigenvalue weighted by Crippen LogP contribution is 2.11. The summed E-state index contributed by atoms with van der Waals surface area (Å²) in [5, 5.41) is 27.3. The highest BCUT2D eigenvalue weighted by atomic mass is 16.3. The average molecular weight is 310 g/mol. The van der Waals surface area contributed by atoms with Crippen LogP contribution >= 0.6 is 0 Å². The van der Waals surface area contributed by atoms with E-state index in [1.807, 2.05) is 11.0 Å². The van der Waals surface area contributed by atoms with E-state index in [0.29, 0.717) is 19.6 Å². The molecule has 0 amide bonds. The molecule has 0 atom stereocenters. The maximum Gasteiger partial charge on any atom is 0.0558 e. The molecule has 0 saturated heterocycles. The Morgan fingerprint density at radius 1 is 0.773 bits per heavy atom. The van der Waals surface area contributed by atoms with Crippen LogP contribution in [0.15, 0.2) is 24.3 Å². The highest BCUT2D eigenvalue weighted by molar-refractivity contribution is 5.23. The van der Waals surface area contributed by atoms with Crippen molar-refractivity contribution in [3.8, 4) is 0 Å². The molecule has 5 nitrogen and oxygen atoms in total. The van der Waals surface area contributed by atoms with Gasteiger partial charge in [-0.25, -0.2) is 0 Å². The molecular formula is C17H30N2O3. The van der Waals surface area contributed by atoms with E-state index in [-0.39, 0.29) is 19.8 Å². The molecule has 0 heterocycles. The molecule has 0 aliphatic heterocycles. The van der Waals surface area contributed by atoms with Crippen molar-refractivity contribution in [1.29, 1.82) is 0 Å². The summed E-state index contributed by atoms with van der Waals surface area (Å²) in [4.78, 5) is 4.29. The number of hydrogen-bond acceptors (Lipinski definition) is 5. The molecular weight excluding hydrogens is 280 g/mol. The van der Waals surface area contributed by atoms with Crippen LogP contribution in [-0.4, -0.2) is 71.1 Å². The topological polar surface area (TPSA) is 67.2 Å². The zero-order chi connectivity index (χ0) is 16.2. The fraction of sp³-hybridized carbons (Fsp3) is 0.647. The lowest BCUT2D eigenvalue weighted by atomic mass is 10.1. The zero-order valence-electron chi connectivity index (χ0n) is 13.6. The molecule has 0 fully saturated rings. The fourth-order valence-corrected chi connectivity index (χ4v) is 2.62. The first-order chi connectivity index (χ1) is 10.7. The summed E-state index contributed by atoms with van der Waals surface area (Å²) in [5.74, 6) is 0. The summed E-state index contributed by atoms with van der Waals surface area (Å²) in [6, 6.07) is 8.39. The minimum Gasteiger partial charge on any atom is -0.395 e. The molecule has 0 saturated carbocycles. The Kier molecular flexibility index (Phi) is 10.0. The van der Waals surface area contributed by atoms with Crippen LogP contribution in [-0.2, 0) is 13.1 Å². The van der Waals surface area contributed by atoms with Gasteiger partial charge in [0.05, 0.1) is 19.8 Å². The first-order valence-electron chi connectivity index (χ1n) is 8.08. The van der Waals surface area contributed by atoms with Crippen LogP contribution in [0.2, 0.25) is 0 Å². The number of aliphatic hydroxyl groups is 3. The number of benzene rings is 1. The molecule has 22 heavy (non-hydrogen) atoms. The van der Waals surface area contributed by atoms with Gasteiger partial charge < -0.3 is 15.3 Å². The van der Waals surface area contributed by atoms with Crippen molar-refractivity contribution in [2.75, 3.05) is 46.0 Å². The Bertz CT molecular complexity index is 356. The maximum absolute atomic E-state index is 9.14. The lowest BCUT2D eigenvalue weighted by molar-refractivity contribution is 0.156. The minimum atomic E-state index is 0.0977. The molecule has 0 spiro atoms. The summed E-state index contributed by atoms with van der Waals surface area (Å²) in [7, 11) is 0. The third-order valence-corrected chi connectivity index (χ3v) is 3.59. The first-order valence-corrected chi connectivity index (χ1v) is 8.08. The van der Waals surface area contributed by atoms with E-state index in [1.54, 1.807) is 0 Å². The maximum atomic E-state index is 9.14. The van der Waals surface area contributed by atoms with Crippen LogP contribution in [0.3, 0.4) is 0 Å². The molecule has 1 rings (SSSR count). The number of nitrogens with zero attached hydrogens (tertiary/aromatic N) is 2. The molecule has 0 aromatic heterocycles. The van der Waals surface area contributed by atoms with Crippen LogP contribution in [0.25, 0.3) is 0 Å². The fourth-order valence-electron chi connectivity index (χ4n) is 2.62. The normalized spacial score (nSPS) is 11.5. The largest absolute Gasteiger partial charge is 0.395 e. The van der Waals surface area contributed by atoms with Crippen LogP contribution in [0.4, 0.5) is 0 Å². The third-order valence-electron chi connectivity index (χ3n) is 3.59. The zero-order valence-corrected chi connectivity index (χ0v) is 13.6. The highest BCUT2D eigenvalue weighted by Gasteiger charge is 2.08. The van der Waals surface area contributed by atoms with E-state index in [4.69, 9.17) is 15.3 Å². The van der Waals surface area contributed by atoms with Crippen molar-refractivity contribution in [1.82, 2.24) is 9.80 Å². The van der Waals surface area contributed by atoms with Crippen molar-refractivity contribution < 1.29 is 15.3 Å². The molecule has 0 unspecified atom stereocenters. The third kappa shape index (κ3) is 7.33. The molecule has 5 heteroatoms. The van der Waals surface area contributed by atoms with Gasteiger partial charge in [0.2, 0.25) is 0 Å². The molecule has 1 aromatic carbocycles. The Morgan fingerprint density at radius 2 is 1.23 bits per heavy atom. The van der Waals surface area contributed by atoms with E-state index in [1.165, 1.54) is 11.1 Å². The first kappa shape index (κ1) is 19.1. The molecule has 0 radical (unpaired) electrons. The molecule has 0 aliphatic rings. The van der Waals surface area contributed by atoms with Crippen LogP contribution in [0.5, 0.6) is 0 Å². The monoisotopic (exact) mass is 310 g/mol. The second kappa shape index (κ2) is 11.6. The second-order valence-electron chi connectivity index (χ2n) is 5.54. The lowest BCUT2D eigenvalue weighted by Gasteiger charge is -2.22. The van der Waals surface area contributed by atoms with Gasteiger partial charge in [0.25, 0.3) is 0 Å². The van der Waals surface area contributed by atoms with Gasteiger partial charge in [0, 0.05) is 32.7 Å². The van der Waals surface area contributed by atoms with Gasteiger partial charge in [-0.2, -0.15) is 0 Å². The molecule has 3 N–H and O–H groups in total. The number of hydrogen-bond donors (Lipinski definition) is 3. The smallest absolute Gasteiger partial charge is 0.0558 e. The van der Waals surface area contributed by atoms with Gasteiger partial charge in [-0.1, -0.05) is 31.2 Å². The quantitative estimate of drug-likeness (QED) is 0.530. The number of aliphatic hydroxyl groups excluding tert-OH is 3. The van der Waals surface area contributed by atoms with E-state index in [9.17, 15) is 0 Å². The van der Waals surface area contributed by atoms with Crippen molar-refractivity contribution in [3.63, 3.8) is 0 Å². The Morgan fingerprint density at radius 3 is 1.64 bits per heavy atom. The molecule has 0 bridgehead atoms. The summed E-state index contributed by atoms with van der Waals surface area (Å²) in [6.45, 7) is 6.88. The standard InChI is InChI=1S/C17H30N2O3/c1-2-6-18(7-10-20)14-16-4-3-5-17(13-16)15-19(8-11-21)9-12-22/h3-5,13,20-22H,2,6-12,14-15H2,1H3. The summed E-state index contributed by atoms with van der Waals surface area (Å²) >= 11 is 0. The average Bonchev–Trinajstić information content (AvgIpc) is 2.49. The lowest BCUT2D eigenvalue weighted by Crippen LogP contribution is -2.29. The van der Waals surface area contributed by atoms with E-state index >= 15 is 0 Å². The Hall–Kier alpha value is -0.980. The predicted octanol–water partition coefficient (Wildman–Crippen LogP) is 0.678. The SMILES string of the molecule is CCCN(CCO)Cc1cccc(CN(CCO)CCO)c1. The van der Waals surface area contributed by atoms with Crippen molar-refractivity contribution in [2.45, 2.75) is 26.4 Å². The summed E-state index contributed by atoms with van der Waals surface area (Å²) in [5.41, 5.74) is 2.41. The molecule has 126 valence electrons. The molecule has 1 aromatic rings. The minimum absolute atomic E-state index is 0.0977. The van der Waals surface area contributed by atoms with Gasteiger partial charge >= 0.3 is 0 Å². The van der Waals surface area contributed by atoms with E-state index in [0.717, 1.165) is 26.1 Å². The van der Waals surface area contributed by atoms with Crippen LogP contribution < -0.4 is 0 Å². The van der Waals surface area contributed by atoms with Gasteiger partial charge in [-0.15, -0.1) is 0 Å². The van der Waals surface area contributed by atoms with Gasteiger partial charge in [-0.05, 0) is 24.1 Å². The molecule has 0 aliphatic carbocycles. The van der Waals surface area contributed by atoms with Crippen molar-refractivity contribution in [3.05, 3.63) is 35.4 Å². The summed E-state index contributed by atoms with van der Waals surface area (Å²) in [6.07, 6.45) is 1.07. The number of rotatable bonds is 12. The van der Waals surface area contributed by atoms with E-state index < -0.39 is 0 Å². The Labute approximate surface area is 133 Å². The van der Waals surface area contributed by atoms with Gasteiger partial charge in [0.15, 0.2) is 0 Å². The van der Waals surface area contributed by atoms with Crippen LogP contribution in [0, 0.1) is 0 Å². The van der Waals surface area contributed by atoms with Gasteiger partial charge in [-0.3, -0.25) is 9.80 Å². The summed E-state index contributed by atoms with van der Waals surface area (Å²) < 4.78 is 0.